The van der Waals surface area contributed by atoms with Crippen molar-refractivity contribution >= 4 is 18.0 Å². The topological polar surface area (TPSA) is 87.1 Å². The fraction of sp³-hybridized carbons (Fsp3) is 0.333. The zero-order valence-corrected chi connectivity index (χ0v) is 11.9. The first-order chi connectivity index (χ1) is 10.1. The summed E-state index contributed by atoms with van der Waals surface area (Å²) < 4.78 is 4.94. The number of nitrogens with zero attached hydrogens (tertiary/aromatic N) is 1. The molecule has 1 aromatic carbocycles. The Morgan fingerprint density at radius 1 is 1.24 bits per heavy atom. The van der Waals surface area contributed by atoms with Gasteiger partial charge in [0.15, 0.2) is 0 Å². The highest BCUT2D eigenvalue weighted by Gasteiger charge is 2.14. The number of ether oxygens (including phenoxy) is 1. The molecule has 0 aliphatic rings. The van der Waals surface area contributed by atoms with Crippen LogP contribution in [0, 0.1) is 0 Å². The highest BCUT2D eigenvalue weighted by atomic mass is 16.5. The van der Waals surface area contributed by atoms with Crippen LogP contribution < -0.4 is 0 Å². The van der Waals surface area contributed by atoms with Crippen LogP contribution in [0.1, 0.15) is 15.9 Å². The molecule has 0 atom stereocenters. The van der Waals surface area contributed by atoms with Gasteiger partial charge in [0.05, 0.1) is 13.2 Å². The van der Waals surface area contributed by atoms with Crippen LogP contribution in [-0.2, 0) is 9.53 Å². The first-order valence-corrected chi connectivity index (χ1v) is 6.48. The second-order valence-electron chi connectivity index (χ2n) is 4.30. The van der Waals surface area contributed by atoms with E-state index in [-0.39, 0.29) is 19.1 Å². The second-order valence-corrected chi connectivity index (χ2v) is 4.30. The quantitative estimate of drug-likeness (QED) is 0.694. The van der Waals surface area contributed by atoms with Gasteiger partial charge in [-0.2, -0.15) is 0 Å². The van der Waals surface area contributed by atoms with E-state index in [1.54, 1.807) is 31.4 Å². The van der Waals surface area contributed by atoms with Crippen LogP contribution in [0.2, 0.25) is 0 Å². The summed E-state index contributed by atoms with van der Waals surface area (Å²) >= 11 is 0. The van der Waals surface area contributed by atoms with Gasteiger partial charge in [0.1, 0.15) is 0 Å². The van der Waals surface area contributed by atoms with Crippen LogP contribution in [0.3, 0.4) is 0 Å². The van der Waals surface area contributed by atoms with Crippen LogP contribution in [-0.4, -0.2) is 60.4 Å². The molecule has 0 saturated heterocycles. The Hall–Kier alpha value is -2.18. The molecule has 114 valence electrons. The smallest absolute Gasteiger partial charge is 0.328 e. The van der Waals surface area contributed by atoms with Gasteiger partial charge in [0.25, 0.3) is 5.91 Å². The van der Waals surface area contributed by atoms with Crippen molar-refractivity contribution in [2.24, 2.45) is 0 Å². The molecular weight excluding hydrogens is 274 g/mol. The summed E-state index contributed by atoms with van der Waals surface area (Å²) in [6, 6.07) is 6.59. The summed E-state index contributed by atoms with van der Waals surface area (Å²) in [6.07, 6.45) is 2.49. The van der Waals surface area contributed by atoms with Crippen molar-refractivity contribution in [3.63, 3.8) is 0 Å². The molecule has 0 unspecified atom stereocenters. The van der Waals surface area contributed by atoms with Gasteiger partial charge >= 0.3 is 5.97 Å². The molecule has 0 aliphatic carbocycles. The highest BCUT2D eigenvalue weighted by molar-refractivity contribution is 5.94. The molecule has 1 rings (SSSR count). The lowest BCUT2D eigenvalue weighted by molar-refractivity contribution is -0.131. The van der Waals surface area contributed by atoms with E-state index in [0.717, 1.165) is 6.08 Å². The van der Waals surface area contributed by atoms with Gasteiger partial charge in [-0.1, -0.05) is 12.1 Å². The lowest BCUT2D eigenvalue weighted by Crippen LogP contribution is -2.36. The Bertz CT molecular complexity index is 495. The van der Waals surface area contributed by atoms with Crippen LogP contribution >= 0.6 is 0 Å². The molecule has 0 bridgehead atoms. The molecule has 6 nitrogen and oxygen atoms in total. The second kappa shape index (κ2) is 8.89. The first kappa shape index (κ1) is 16.9. The van der Waals surface area contributed by atoms with Gasteiger partial charge in [-0.3, -0.25) is 4.79 Å². The van der Waals surface area contributed by atoms with Gasteiger partial charge in [0, 0.05) is 31.8 Å². The van der Waals surface area contributed by atoms with E-state index < -0.39 is 5.97 Å². The zero-order valence-electron chi connectivity index (χ0n) is 11.9. The van der Waals surface area contributed by atoms with Crippen molar-refractivity contribution in [3.05, 3.63) is 41.5 Å². The number of methoxy groups -OCH3 is 1. The molecule has 0 fully saturated rings. The maximum absolute atomic E-state index is 12.3. The van der Waals surface area contributed by atoms with Crippen LogP contribution in [0.25, 0.3) is 6.08 Å². The number of carbonyl (C=O) groups excluding carboxylic acids is 1. The van der Waals surface area contributed by atoms with E-state index in [2.05, 4.69) is 0 Å². The minimum absolute atomic E-state index is 0.116. The third-order valence-electron chi connectivity index (χ3n) is 2.80. The lowest BCUT2D eigenvalue weighted by Gasteiger charge is -2.21. The molecular formula is C15H19NO5. The molecule has 0 aliphatic heterocycles. The molecule has 2 N–H and O–H groups in total. The SMILES string of the molecule is COCCN(CCO)C(=O)c1ccc(/C=C/C(=O)O)cc1. The molecule has 0 spiro atoms. The molecule has 6 heteroatoms. The first-order valence-electron chi connectivity index (χ1n) is 6.48. The van der Waals surface area contributed by atoms with Crippen LogP contribution in [0.4, 0.5) is 0 Å². The number of aliphatic carboxylic acids is 1. The fourth-order valence-corrected chi connectivity index (χ4v) is 1.72. The number of benzene rings is 1. The van der Waals surface area contributed by atoms with Gasteiger partial charge in [-0.05, 0) is 23.8 Å². The Kier molecular flexibility index (Phi) is 7.14. The number of carboxylic acid groups (broad SMARTS) is 1. The summed E-state index contributed by atoms with van der Waals surface area (Å²) in [5, 5.41) is 17.5. The minimum atomic E-state index is -1.02. The average molecular weight is 293 g/mol. The van der Waals surface area contributed by atoms with Gasteiger partial charge in [-0.15, -0.1) is 0 Å². The zero-order chi connectivity index (χ0) is 15.7. The monoisotopic (exact) mass is 293 g/mol. The van der Waals surface area contributed by atoms with Crippen molar-refractivity contribution in [1.82, 2.24) is 4.90 Å². The summed E-state index contributed by atoms with van der Waals surface area (Å²) in [5.74, 6) is -1.22. The van der Waals surface area contributed by atoms with Crippen molar-refractivity contribution in [2.45, 2.75) is 0 Å². The van der Waals surface area contributed by atoms with Gasteiger partial charge < -0.3 is 19.8 Å². The largest absolute Gasteiger partial charge is 0.478 e. The normalized spacial score (nSPS) is 10.8. The highest BCUT2D eigenvalue weighted by Crippen LogP contribution is 2.09. The molecule has 0 aromatic heterocycles. The fourth-order valence-electron chi connectivity index (χ4n) is 1.72. The summed E-state index contributed by atoms with van der Waals surface area (Å²) in [6.45, 7) is 0.916. The minimum Gasteiger partial charge on any atom is -0.478 e. The van der Waals surface area contributed by atoms with E-state index in [0.29, 0.717) is 24.3 Å². The van der Waals surface area contributed by atoms with E-state index in [4.69, 9.17) is 14.9 Å². The van der Waals surface area contributed by atoms with Crippen LogP contribution in [0.5, 0.6) is 0 Å². The maximum atomic E-state index is 12.3. The molecule has 1 aromatic rings. The summed E-state index contributed by atoms with van der Waals surface area (Å²) in [7, 11) is 1.55. The van der Waals surface area contributed by atoms with Gasteiger partial charge in [-0.25, -0.2) is 4.79 Å². The standard InChI is InChI=1S/C15H19NO5/c1-21-11-9-16(8-10-17)15(20)13-5-2-12(3-6-13)4-7-14(18)19/h2-7,17H,8-11H2,1H3,(H,18,19)/b7-4+. The molecule has 1 amide bonds. The number of hydrogen-bond donors (Lipinski definition) is 2. The number of aliphatic hydroxyl groups excluding tert-OH is 1. The van der Waals surface area contributed by atoms with E-state index in [9.17, 15) is 9.59 Å². The average Bonchev–Trinajstić information content (AvgIpc) is 2.49. The third kappa shape index (κ3) is 5.76. The number of rotatable bonds is 8. The lowest BCUT2D eigenvalue weighted by atomic mass is 10.1. The van der Waals surface area contributed by atoms with Crippen molar-refractivity contribution in [3.8, 4) is 0 Å². The summed E-state index contributed by atoms with van der Waals surface area (Å²) in [5.41, 5.74) is 1.17. The maximum Gasteiger partial charge on any atom is 0.328 e. The predicted octanol–water partition coefficient (Wildman–Crippen LogP) is 0.865. The predicted molar refractivity (Wildman–Crippen MR) is 78.0 cm³/mol. The molecule has 0 radical (unpaired) electrons. The Morgan fingerprint density at radius 2 is 1.90 bits per heavy atom. The number of carboxylic acids is 1. The number of hydrogen-bond acceptors (Lipinski definition) is 4. The number of aliphatic hydroxyl groups is 1. The number of amides is 1. The van der Waals surface area contributed by atoms with Crippen LogP contribution in [0.15, 0.2) is 30.3 Å². The van der Waals surface area contributed by atoms with Gasteiger partial charge in [0.2, 0.25) is 0 Å². The summed E-state index contributed by atoms with van der Waals surface area (Å²) in [4.78, 5) is 24.2. The number of carbonyl (C=O) groups is 2. The van der Waals surface area contributed by atoms with Crippen molar-refractivity contribution in [1.29, 1.82) is 0 Å². The molecule has 0 heterocycles. The van der Waals surface area contributed by atoms with E-state index >= 15 is 0 Å². The Morgan fingerprint density at radius 3 is 2.43 bits per heavy atom. The molecule has 0 saturated carbocycles. The van der Waals surface area contributed by atoms with Crippen molar-refractivity contribution < 1.29 is 24.5 Å². The molecule has 21 heavy (non-hydrogen) atoms. The van der Waals surface area contributed by atoms with Crippen molar-refractivity contribution in [2.75, 3.05) is 33.4 Å². The third-order valence-corrected chi connectivity index (χ3v) is 2.80. The Balaban J connectivity index is 2.78. The Labute approximate surface area is 123 Å². The van der Waals surface area contributed by atoms with E-state index in [1.807, 2.05) is 0 Å². The van der Waals surface area contributed by atoms with E-state index in [1.165, 1.54) is 11.0 Å².